The predicted molar refractivity (Wildman–Crippen MR) is 59.2 cm³/mol. The first-order chi connectivity index (χ1) is 8.33. The first-order valence-corrected chi connectivity index (χ1v) is 5.03. The molecule has 0 aromatic carbocycles. The summed E-state index contributed by atoms with van der Waals surface area (Å²) >= 11 is 0. The molecule has 0 saturated carbocycles. The van der Waals surface area contributed by atoms with Crippen LogP contribution in [0, 0.1) is 0 Å². The lowest BCUT2D eigenvalue weighted by molar-refractivity contribution is -0.154. The lowest BCUT2D eigenvalue weighted by Gasteiger charge is -2.23. The lowest BCUT2D eigenvalue weighted by atomic mass is 10.1. The average molecular weight is 260 g/mol. The normalized spacial score (nSPS) is 12.9. The fourth-order valence-electron chi connectivity index (χ4n) is 1.25. The monoisotopic (exact) mass is 260 g/mol. The second-order valence-electron chi connectivity index (χ2n) is 3.40. The summed E-state index contributed by atoms with van der Waals surface area (Å²) in [6.45, 7) is 2.33. The maximum absolute atomic E-state index is 11.5. The van der Waals surface area contributed by atoms with E-state index in [1.807, 2.05) is 0 Å². The first-order valence-electron chi connectivity index (χ1n) is 5.03. The van der Waals surface area contributed by atoms with E-state index in [4.69, 9.17) is 0 Å². The molecule has 0 spiro atoms. The molecular weight excluding hydrogens is 244 g/mol. The Bertz CT molecular complexity index is 320. The van der Waals surface area contributed by atoms with E-state index in [2.05, 4.69) is 20.1 Å². The zero-order chi connectivity index (χ0) is 14.3. The van der Waals surface area contributed by atoms with Gasteiger partial charge in [-0.2, -0.15) is 0 Å². The number of esters is 2. The summed E-state index contributed by atoms with van der Waals surface area (Å²) in [5.74, 6) is -2.84. The van der Waals surface area contributed by atoms with Crippen molar-refractivity contribution in [1.82, 2.24) is 10.6 Å². The van der Waals surface area contributed by atoms with Crippen LogP contribution in [-0.2, 0) is 28.7 Å². The molecule has 2 amide bonds. The van der Waals surface area contributed by atoms with Crippen molar-refractivity contribution in [1.29, 1.82) is 0 Å². The van der Waals surface area contributed by atoms with Gasteiger partial charge in [0.25, 0.3) is 0 Å². The number of rotatable bonds is 5. The van der Waals surface area contributed by atoms with Gasteiger partial charge in [0.1, 0.15) is 0 Å². The summed E-state index contributed by atoms with van der Waals surface area (Å²) in [5, 5.41) is 4.44. The molecule has 2 unspecified atom stereocenters. The standard InChI is InChI=1S/C10H16N2O6/c1-5(13)11-7(9(15)17-3)8(10(16)18-4)12-6(2)14/h7-8H,1-4H3,(H,11,13)(H,12,14). The van der Waals surface area contributed by atoms with E-state index in [-0.39, 0.29) is 0 Å². The molecule has 102 valence electrons. The van der Waals surface area contributed by atoms with Crippen molar-refractivity contribution in [3.05, 3.63) is 0 Å². The molecule has 0 rings (SSSR count). The minimum atomic E-state index is -1.34. The Kier molecular flexibility index (Phi) is 6.40. The molecule has 0 heterocycles. The van der Waals surface area contributed by atoms with Gasteiger partial charge in [0.2, 0.25) is 11.8 Å². The van der Waals surface area contributed by atoms with Crippen molar-refractivity contribution in [2.75, 3.05) is 14.2 Å². The third-order valence-corrected chi connectivity index (χ3v) is 1.96. The quantitative estimate of drug-likeness (QED) is 0.572. The van der Waals surface area contributed by atoms with Gasteiger partial charge >= 0.3 is 11.9 Å². The van der Waals surface area contributed by atoms with Crippen LogP contribution < -0.4 is 10.6 Å². The Morgan fingerprint density at radius 2 is 1.06 bits per heavy atom. The minimum absolute atomic E-state index is 0.551. The Morgan fingerprint density at radius 3 is 1.22 bits per heavy atom. The Balaban J connectivity index is 5.17. The van der Waals surface area contributed by atoms with E-state index < -0.39 is 35.8 Å². The zero-order valence-corrected chi connectivity index (χ0v) is 10.6. The van der Waals surface area contributed by atoms with Gasteiger partial charge in [-0.05, 0) is 0 Å². The van der Waals surface area contributed by atoms with Crippen LogP contribution in [0.25, 0.3) is 0 Å². The van der Waals surface area contributed by atoms with Crippen molar-refractivity contribution in [3.8, 4) is 0 Å². The number of methoxy groups -OCH3 is 2. The highest BCUT2D eigenvalue weighted by molar-refractivity contribution is 5.93. The third-order valence-electron chi connectivity index (χ3n) is 1.96. The molecule has 0 fully saturated rings. The fourth-order valence-corrected chi connectivity index (χ4v) is 1.25. The molecule has 18 heavy (non-hydrogen) atoms. The highest BCUT2D eigenvalue weighted by Crippen LogP contribution is 2.00. The number of ether oxygens (including phenoxy) is 2. The number of hydrogen-bond acceptors (Lipinski definition) is 6. The lowest BCUT2D eigenvalue weighted by Crippen LogP contribution is -2.59. The SMILES string of the molecule is COC(=O)C(NC(C)=O)C(NC(C)=O)C(=O)OC. The Morgan fingerprint density at radius 1 is 0.778 bits per heavy atom. The van der Waals surface area contributed by atoms with E-state index in [1.54, 1.807) is 0 Å². The first kappa shape index (κ1) is 15.9. The van der Waals surface area contributed by atoms with E-state index in [0.29, 0.717) is 0 Å². The van der Waals surface area contributed by atoms with Gasteiger partial charge < -0.3 is 20.1 Å². The van der Waals surface area contributed by atoms with Crippen LogP contribution in [-0.4, -0.2) is 50.1 Å². The van der Waals surface area contributed by atoms with Gasteiger partial charge in [0, 0.05) is 13.8 Å². The minimum Gasteiger partial charge on any atom is -0.467 e. The van der Waals surface area contributed by atoms with Crippen LogP contribution in [0.4, 0.5) is 0 Å². The number of carbonyl (C=O) groups is 4. The van der Waals surface area contributed by atoms with Crippen LogP contribution in [0.3, 0.4) is 0 Å². The third kappa shape index (κ3) is 4.81. The van der Waals surface area contributed by atoms with Gasteiger partial charge in [-0.3, -0.25) is 9.59 Å². The summed E-state index contributed by atoms with van der Waals surface area (Å²) in [4.78, 5) is 45.0. The van der Waals surface area contributed by atoms with E-state index in [9.17, 15) is 19.2 Å². The summed E-state index contributed by atoms with van der Waals surface area (Å²) in [6.07, 6.45) is 0. The van der Waals surface area contributed by atoms with E-state index in [0.717, 1.165) is 28.1 Å². The summed E-state index contributed by atoms with van der Waals surface area (Å²) in [5.41, 5.74) is 0. The predicted octanol–water partition coefficient (Wildman–Crippen LogP) is -1.66. The number of amides is 2. The molecule has 0 bridgehead atoms. The van der Waals surface area contributed by atoms with Gasteiger partial charge in [-0.25, -0.2) is 9.59 Å². The zero-order valence-electron chi connectivity index (χ0n) is 10.6. The number of nitrogens with one attached hydrogen (secondary N) is 2. The maximum atomic E-state index is 11.5. The second-order valence-corrected chi connectivity index (χ2v) is 3.40. The van der Waals surface area contributed by atoms with Crippen LogP contribution >= 0.6 is 0 Å². The highest BCUT2D eigenvalue weighted by Gasteiger charge is 2.36. The molecule has 0 aromatic rings. The second kappa shape index (κ2) is 7.25. The molecule has 8 heteroatoms. The molecule has 0 saturated heterocycles. The maximum Gasteiger partial charge on any atom is 0.331 e. The summed E-state index contributed by atoms with van der Waals surface area (Å²) < 4.78 is 8.92. The van der Waals surface area contributed by atoms with Gasteiger partial charge in [-0.1, -0.05) is 0 Å². The van der Waals surface area contributed by atoms with Crippen LogP contribution in [0.15, 0.2) is 0 Å². The van der Waals surface area contributed by atoms with Gasteiger partial charge in [-0.15, -0.1) is 0 Å². The smallest absolute Gasteiger partial charge is 0.331 e. The molecule has 2 N–H and O–H groups in total. The van der Waals surface area contributed by atoms with Crippen LogP contribution in [0.1, 0.15) is 13.8 Å². The van der Waals surface area contributed by atoms with Crippen molar-refractivity contribution in [2.24, 2.45) is 0 Å². The highest BCUT2D eigenvalue weighted by atomic mass is 16.5. The molecular formula is C10H16N2O6. The number of hydrogen-bond donors (Lipinski definition) is 2. The van der Waals surface area contributed by atoms with Crippen molar-refractivity contribution >= 4 is 23.8 Å². The van der Waals surface area contributed by atoms with Crippen molar-refractivity contribution in [2.45, 2.75) is 25.9 Å². The molecule has 0 aliphatic rings. The Hall–Kier alpha value is -2.12. The summed E-state index contributed by atoms with van der Waals surface area (Å²) in [7, 11) is 2.19. The Labute approximate surface area is 104 Å². The van der Waals surface area contributed by atoms with E-state index >= 15 is 0 Å². The van der Waals surface area contributed by atoms with Crippen molar-refractivity contribution in [3.63, 3.8) is 0 Å². The largest absolute Gasteiger partial charge is 0.467 e. The fraction of sp³-hybridized carbons (Fsp3) is 0.600. The van der Waals surface area contributed by atoms with Gasteiger partial charge in [0.05, 0.1) is 14.2 Å². The molecule has 0 aromatic heterocycles. The molecule has 0 radical (unpaired) electrons. The molecule has 8 nitrogen and oxygen atoms in total. The molecule has 0 aliphatic carbocycles. The summed E-state index contributed by atoms with van der Waals surface area (Å²) in [6, 6.07) is -2.69. The molecule has 0 aliphatic heterocycles. The van der Waals surface area contributed by atoms with Gasteiger partial charge in [0.15, 0.2) is 12.1 Å². The van der Waals surface area contributed by atoms with Crippen molar-refractivity contribution < 1.29 is 28.7 Å². The average Bonchev–Trinajstić information content (AvgIpc) is 2.30. The van der Waals surface area contributed by atoms with E-state index in [1.165, 1.54) is 0 Å². The number of carbonyl (C=O) groups excluding carboxylic acids is 4. The van der Waals surface area contributed by atoms with Crippen LogP contribution in [0.2, 0.25) is 0 Å². The topological polar surface area (TPSA) is 111 Å². The molecule has 2 atom stereocenters. The van der Waals surface area contributed by atoms with Crippen LogP contribution in [0.5, 0.6) is 0 Å².